The molecule has 2 aliphatic carbocycles. The zero-order chi connectivity index (χ0) is 13.5. The summed E-state index contributed by atoms with van der Waals surface area (Å²) in [6, 6.07) is 1.35. The Morgan fingerprint density at radius 3 is 2.26 bits per heavy atom. The van der Waals surface area contributed by atoms with Crippen molar-refractivity contribution < 1.29 is 4.79 Å². The van der Waals surface area contributed by atoms with E-state index < -0.39 is 0 Å². The van der Waals surface area contributed by atoms with Crippen LogP contribution in [0, 0.1) is 11.3 Å². The predicted molar refractivity (Wildman–Crippen MR) is 76.9 cm³/mol. The molecule has 3 heteroatoms. The first kappa shape index (κ1) is 13.4. The van der Waals surface area contributed by atoms with Gasteiger partial charge in [-0.05, 0) is 50.4 Å². The van der Waals surface area contributed by atoms with Crippen molar-refractivity contribution in [1.29, 1.82) is 0 Å². The number of piperidine rings is 1. The van der Waals surface area contributed by atoms with E-state index in [0.717, 1.165) is 38.8 Å². The van der Waals surface area contributed by atoms with Crippen LogP contribution in [0.25, 0.3) is 0 Å². The van der Waals surface area contributed by atoms with Gasteiger partial charge in [-0.3, -0.25) is 4.79 Å². The van der Waals surface area contributed by atoms with E-state index in [1.165, 1.54) is 19.3 Å². The molecule has 0 spiro atoms. The minimum Gasteiger partial charge on any atom is -0.342 e. The summed E-state index contributed by atoms with van der Waals surface area (Å²) < 4.78 is 0. The minimum absolute atomic E-state index is 0.389. The van der Waals surface area contributed by atoms with Crippen LogP contribution in [0.15, 0.2) is 0 Å². The molecular formula is C16H28N2O. The molecule has 19 heavy (non-hydrogen) atoms. The lowest BCUT2D eigenvalue weighted by atomic mass is 9.91. The van der Waals surface area contributed by atoms with Crippen LogP contribution in [0.2, 0.25) is 0 Å². The summed E-state index contributed by atoms with van der Waals surface area (Å²) in [7, 11) is 0. The maximum atomic E-state index is 12.0. The fourth-order valence-electron chi connectivity index (χ4n) is 3.77. The van der Waals surface area contributed by atoms with Gasteiger partial charge in [-0.1, -0.05) is 13.8 Å². The molecule has 2 saturated carbocycles. The fraction of sp³-hybridized carbons (Fsp3) is 0.938. The normalized spacial score (nSPS) is 31.7. The Morgan fingerprint density at radius 1 is 1.05 bits per heavy atom. The Labute approximate surface area is 117 Å². The number of rotatable bonds is 3. The molecule has 1 saturated heterocycles. The molecule has 1 amide bonds. The predicted octanol–water partition coefficient (Wildman–Crippen LogP) is 2.56. The maximum absolute atomic E-state index is 12.0. The maximum Gasteiger partial charge on any atom is 0.225 e. The zero-order valence-electron chi connectivity index (χ0n) is 12.5. The van der Waals surface area contributed by atoms with Crippen LogP contribution >= 0.6 is 0 Å². The van der Waals surface area contributed by atoms with Crippen LogP contribution in [0.1, 0.15) is 58.8 Å². The van der Waals surface area contributed by atoms with E-state index in [4.69, 9.17) is 0 Å². The lowest BCUT2D eigenvalue weighted by molar-refractivity contribution is -0.133. The number of carbonyl (C=O) groups is 1. The summed E-state index contributed by atoms with van der Waals surface area (Å²) in [6.45, 7) is 6.71. The number of carbonyl (C=O) groups excluding carboxylic acids is 1. The highest BCUT2D eigenvalue weighted by Crippen LogP contribution is 2.37. The summed E-state index contributed by atoms with van der Waals surface area (Å²) in [4.78, 5) is 14.1. The van der Waals surface area contributed by atoms with Crippen molar-refractivity contribution in [2.24, 2.45) is 11.3 Å². The van der Waals surface area contributed by atoms with Gasteiger partial charge in [0.2, 0.25) is 5.91 Å². The second-order valence-corrected chi connectivity index (χ2v) is 7.64. The molecule has 1 atom stereocenters. The van der Waals surface area contributed by atoms with Crippen LogP contribution in [0.3, 0.4) is 0 Å². The Balaban J connectivity index is 1.42. The van der Waals surface area contributed by atoms with Crippen molar-refractivity contribution in [3.63, 3.8) is 0 Å². The largest absolute Gasteiger partial charge is 0.342 e. The first-order valence-corrected chi connectivity index (χ1v) is 8.08. The third-order valence-corrected chi connectivity index (χ3v) is 5.17. The van der Waals surface area contributed by atoms with E-state index in [1.54, 1.807) is 0 Å². The molecule has 0 bridgehead atoms. The molecule has 3 rings (SSSR count). The molecule has 1 heterocycles. The van der Waals surface area contributed by atoms with Gasteiger partial charge in [0, 0.05) is 31.1 Å². The van der Waals surface area contributed by atoms with Crippen LogP contribution in [0.5, 0.6) is 0 Å². The van der Waals surface area contributed by atoms with Crippen LogP contribution in [-0.2, 0) is 4.79 Å². The fourth-order valence-corrected chi connectivity index (χ4v) is 3.77. The average Bonchev–Trinajstić information content (AvgIpc) is 3.15. The van der Waals surface area contributed by atoms with Crippen molar-refractivity contribution in [1.82, 2.24) is 10.2 Å². The van der Waals surface area contributed by atoms with Crippen LogP contribution in [-0.4, -0.2) is 36.0 Å². The summed E-state index contributed by atoms with van der Waals surface area (Å²) in [6.07, 6.45) is 8.55. The highest BCUT2D eigenvalue weighted by molar-refractivity contribution is 5.81. The number of hydrogen-bond donors (Lipinski definition) is 1. The molecule has 1 unspecified atom stereocenters. The summed E-state index contributed by atoms with van der Waals surface area (Å²) in [5, 5.41) is 3.84. The topological polar surface area (TPSA) is 32.3 Å². The molecule has 3 nitrogen and oxygen atoms in total. The molecule has 0 radical (unpaired) electrons. The van der Waals surface area contributed by atoms with Gasteiger partial charge < -0.3 is 10.2 Å². The summed E-state index contributed by atoms with van der Waals surface area (Å²) >= 11 is 0. The third-order valence-electron chi connectivity index (χ3n) is 5.17. The van der Waals surface area contributed by atoms with Gasteiger partial charge >= 0.3 is 0 Å². The summed E-state index contributed by atoms with van der Waals surface area (Å²) in [5.41, 5.74) is 0.528. The van der Waals surface area contributed by atoms with Crippen molar-refractivity contribution in [3.8, 4) is 0 Å². The van der Waals surface area contributed by atoms with Crippen molar-refractivity contribution in [2.75, 3.05) is 13.1 Å². The second-order valence-electron chi connectivity index (χ2n) is 7.64. The van der Waals surface area contributed by atoms with Gasteiger partial charge in [0.15, 0.2) is 0 Å². The van der Waals surface area contributed by atoms with E-state index in [9.17, 15) is 4.79 Å². The van der Waals surface area contributed by atoms with Crippen LogP contribution < -0.4 is 5.32 Å². The highest BCUT2D eigenvalue weighted by Gasteiger charge is 2.36. The molecule has 3 fully saturated rings. The van der Waals surface area contributed by atoms with E-state index in [0.29, 0.717) is 29.3 Å². The smallest absolute Gasteiger partial charge is 0.225 e. The SMILES string of the molecule is CC1(C)CCC(NC2CCN(C(=O)C3CC3)CC2)C1. The number of hydrogen-bond acceptors (Lipinski definition) is 2. The first-order valence-electron chi connectivity index (χ1n) is 8.08. The molecule has 0 aromatic heterocycles. The average molecular weight is 264 g/mol. The molecule has 3 aliphatic rings. The van der Waals surface area contributed by atoms with Gasteiger partial charge in [-0.2, -0.15) is 0 Å². The van der Waals surface area contributed by atoms with Gasteiger partial charge in [-0.15, -0.1) is 0 Å². The monoisotopic (exact) mass is 264 g/mol. The number of likely N-dealkylation sites (tertiary alicyclic amines) is 1. The standard InChI is InChI=1S/C16H28N2O/c1-16(2)8-5-14(11-16)17-13-6-9-18(10-7-13)15(19)12-3-4-12/h12-14,17H,3-11H2,1-2H3. The van der Waals surface area contributed by atoms with E-state index in [1.807, 2.05) is 0 Å². The van der Waals surface area contributed by atoms with Gasteiger partial charge in [0.05, 0.1) is 0 Å². The van der Waals surface area contributed by atoms with Crippen LogP contribution in [0.4, 0.5) is 0 Å². The Kier molecular flexibility index (Phi) is 3.59. The second kappa shape index (κ2) is 5.08. The number of nitrogens with zero attached hydrogens (tertiary/aromatic N) is 1. The van der Waals surface area contributed by atoms with Gasteiger partial charge in [0.1, 0.15) is 0 Å². The lowest BCUT2D eigenvalue weighted by Gasteiger charge is -2.34. The first-order chi connectivity index (χ1) is 9.03. The van der Waals surface area contributed by atoms with E-state index in [2.05, 4.69) is 24.1 Å². The Bertz CT molecular complexity index is 341. The van der Waals surface area contributed by atoms with E-state index in [-0.39, 0.29) is 0 Å². The van der Waals surface area contributed by atoms with Crippen molar-refractivity contribution >= 4 is 5.91 Å². The highest BCUT2D eigenvalue weighted by atomic mass is 16.2. The third kappa shape index (κ3) is 3.31. The van der Waals surface area contributed by atoms with Crippen molar-refractivity contribution in [3.05, 3.63) is 0 Å². The molecule has 1 N–H and O–H groups in total. The van der Waals surface area contributed by atoms with Gasteiger partial charge in [-0.25, -0.2) is 0 Å². The van der Waals surface area contributed by atoms with Gasteiger partial charge in [0.25, 0.3) is 0 Å². The lowest BCUT2D eigenvalue weighted by Crippen LogP contribution is -2.47. The van der Waals surface area contributed by atoms with Crippen molar-refractivity contribution in [2.45, 2.75) is 70.9 Å². The van der Waals surface area contributed by atoms with E-state index >= 15 is 0 Å². The number of nitrogens with one attached hydrogen (secondary N) is 1. The Morgan fingerprint density at radius 2 is 1.74 bits per heavy atom. The molecular weight excluding hydrogens is 236 g/mol. The Hall–Kier alpha value is -0.570. The minimum atomic E-state index is 0.389. The quantitative estimate of drug-likeness (QED) is 0.849. The molecule has 108 valence electrons. The summed E-state index contributed by atoms with van der Waals surface area (Å²) in [5.74, 6) is 0.820. The molecule has 0 aromatic rings. The number of amides is 1. The molecule has 0 aromatic carbocycles. The zero-order valence-corrected chi connectivity index (χ0v) is 12.5. The molecule has 1 aliphatic heterocycles.